The van der Waals surface area contributed by atoms with Crippen molar-refractivity contribution in [1.29, 1.82) is 0 Å². The minimum atomic E-state index is -0.834. The number of halogens is 3. The van der Waals surface area contributed by atoms with Gasteiger partial charge >= 0.3 is 0 Å². The molecule has 0 spiro atoms. The highest BCUT2D eigenvalue weighted by molar-refractivity contribution is 9.10. The zero-order valence-electron chi connectivity index (χ0n) is 10.9. The topological polar surface area (TPSA) is 38.3 Å². The Kier molecular flexibility index (Phi) is 5.27. The van der Waals surface area contributed by atoms with E-state index in [1.165, 1.54) is 0 Å². The number of benzene rings is 2. The molecule has 2 aromatic rings. The monoisotopic (exact) mass is 355 g/mol. The van der Waals surface area contributed by atoms with Gasteiger partial charge in [0.05, 0.1) is 13.0 Å². The zero-order chi connectivity index (χ0) is 15.2. The van der Waals surface area contributed by atoms with Crippen molar-refractivity contribution in [2.45, 2.75) is 6.42 Å². The van der Waals surface area contributed by atoms with Gasteiger partial charge in [-0.1, -0.05) is 34.1 Å². The molecule has 1 N–H and O–H groups in total. The van der Waals surface area contributed by atoms with E-state index in [9.17, 15) is 13.6 Å². The molecule has 2 rings (SSSR count). The van der Waals surface area contributed by atoms with E-state index in [1.807, 2.05) is 18.2 Å². The highest BCUT2D eigenvalue weighted by atomic mass is 79.9. The number of hydrogen-bond acceptors (Lipinski definition) is 2. The summed E-state index contributed by atoms with van der Waals surface area (Å²) in [5.74, 6) is -1.56. The van der Waals surface area contributed by atoms with E-state index in [2.05, 4.69) is 21.2 Å². The van der Waals surface area contributed by atoms with Gasteiger partial charge in [-0.3, -0.25) is 4.79 Å². The molecule has 1 amide bonds. The smallest absolute Gasteiger partial charge is 0.227 e. The fraction of sp³-hybridized carbons (Fsp3) is 0.133. The molecule has 21 heavy (non-hydrogen) atoms. The highest BCUT2D eigenvalue weighted by Crippen LogP contribution is 2.23. The van der Waals surface area contributed by atoms with E-state index in [0.717, 1.165) is 12.1 Å². The number of amides is 1. The number of nitrogens with one attached hydrogen (secondary N) is 1. The third-order valence-corrected chi connectivity index (χ3v) is 3.07. The fourth-order valence-corrected chi connectivity index (χ4v) is 2.04. The van der Waals surface area contributed by atoms with Crippen LogP contribution in [-0.2, 0) is 4.79 Å². The maximum Gasteiger partial charge on any atom is 0.227 e. The van der Waals surface area contributed by atoms with Crippen LogP contribution >= 0.6 is 15.9 Å². The van der Waals surface area contributed by atoms with Crippen LogP contribution in [0.3, 0.4) is 0 Å². The summed E-state index contributed by atoms with van der Waals surface area (Å²) < 4.78 is 32.7. The number of rotatable bonds is 5. The first-order valence-corrected chi connectivity index (χ1v) is 6.98. The molecule has 2 aromatic carbocycles. The molecular weight excluding hydrogens is 344 g/mol. The lowest BCUT2D eigenvalue weighted by Gasteiger charge is -2.09. The number of carbonyl (C=O) groups excluding carboxylic acids is 1. The van der Waals surface area contributed by atoms with Crippen molar-refractivity contribution in [2.24, 2.45) is 0 Å². The molecule has 0 heterocycles. The van der Waals surface area contributed by atoms with E-state index in [1.54, 1.807) is 12.1 Å². The first kappa shape index (κ1) is 15.4. The number of ether oxygens (including phenoxy) is 1. The Morgan fingerprint density at radius 3 is 2.38 bits per heavy atom. The molecule has 0 aromatic heterocycles. The van der Waals surface area contributed by atoms with Gasteiger partial charge in [-0.15, -0.1) is 0 Å². The predicted molar refractivity (Wildman–Crippen MR) is 79.2 cm³/mol. The zero-order valence-corrected chi connectivity index (χ0v) is 12.5. The van der Waals surface area contributed by atoms with Crippen LogP contribution in [0.4, 0.5) is 14.5 Å². The van der Waals surface area contributed by atoms with Gasteiger partial charge in [0.2, 0.25) is 5.91 Å². The lowest BCUT2D eigenvalue weighted by atomic mass is 10.2. The van der Waals surface area contributed by atoms with Crippen molar-refractivity contribution in [2.75, 3.05) is 11.9 Å². The first-order chi connectivity index (χ1) is 10.1. The second-order valence-corrected chi connectivity index (χ2v) is 5.12. The molecule has 0 aliphatic carbocycles. The van der Waals surface area contributed by atoms with Crippen LogP contribution in [0, 0.1) is 11.6 Å². The van der Waals surface area contributed by atoms with Crippen LogP contribution in [0.15, 0.2) is 46.9 Å². The van der Waals surface area contributed by atoms with Gasteiger partial charge in [-0.25, -0.2) is 8.78 Å². The van der Waals surface area contributed by atoms with Gasteiger partial charge in [0.1, 0.15) is 11.4 Å². The van der Waals surface area contributed by atoms with Crippen LogP contribution in [0.2, 0.25) is 0 Å². The lowest BCUT2D eigenvalue weighted by molar-refractivity contribution is -0.116. The summed E-state index contributed by atoms with van der Waals surface area (Å²) in [4.78, 5) is 11.7. The van der Waals surface area contributed by atoms with Gasteiger partial charge in [0, 0.05) is 4.47 Å². The fourth-order valence-electron chi connectivity index (χ4n) is 1.64. The van der Waals surface area contributed by atoms with Crippen LogP contribution in [0.5, 0.6) is 5.75 Å². The van der Waals surface area contributed by atoms with Crippen molar-refractivity contribution in [3.63, 3.8) is 0 Å². The van der Waals surface area contributed by atoms with Gasteiger partial charge in [-0.05, 0) is 24.3 Å². The molecular formula is C15H12BrF2NO2. The van der Waals surface area contributed by atoms with Crippen LogP contribution < -0.4 is 10.1 Å². The van der Waals surface area contributed by atoms with Crippen molar-refractivity contribution < 1.29 is 18.3 Å². The second kappa shape index (κ2) is 7.17. The third kappa shape index (κ3) is 4.53. The Morgan fingerprint density at radius 1 is 1.14 bits per heavy atom. The normalized spacial score (nSPS) is 10.2. The molecule has 0 saturated heterocycles. The van der Waals surface area contributed by atoms with E-state index in [-0.39, 0.29) is 17.5 Å². The van der Waals surface area contributed by atoms with Gasteiger partial charge in [0.25, 0.3) is 0 Å². The average Bonchev–Trinajstić information content (AvgIpc) is 2.44. The Bertz CT molecular complexity index is 612. The Balaban J connectivity index is 1.88. The predicted octanol–water partition coefficient (Wildman–Crippen LogP) is 4.13. The maximum atomic E-state index is 13.5. The average molecular weight is 356 g/mol. The van der Waals surface area contributed by atoms with Crippen LogP contribution in [0.25, 0.3) is 0 Å². The first-order valence-electron chi connectivity index (χ1n) is 6.18. The molecule has 0 bridgehead atoms. The summed E-state index contributed by atoms with van der Waals surface area (Å²) in [7, 11) is 0. The Hall–Kier alpha value is -1.95. The van der Waals surface area contributed by atoms with E-state index in [4.69, 9.17) is 4.74 Å². The minimum absolute atomic E-state index is 0.0101. The van der Waals surface area contributed by atoms with Crippen molar-refractivity contribution in [3.8, 4) is 5.75 Å². The molecule has 0 atom stereocenters. The van der Waals surface area contributed by atoms with Crippen molar-refractivity contribution >= 4 is 27.5 Å². The lowest BCUT2D eigenvalue weighted by Crippen LogP contribution is -2.17. The van der Waals surface area contributed by atoms with Gasteiger partial charge in [0.15, 0.2) is 11.6 Å². The summed E-state index contributed by atoms with van der Waals surface area (Å²) in [5, 5.41) is 2.20. The number of carbonyl (C=O) groups is 1. The largest absolute Gasteiger partial charge is 0.493 e. The Labute approximate surface area is 129 Å². The van der Waals surface area contributed by atoms with Crippen molar-refractivity contribution in [3.05, 3.63) is 58.6 Å². The summed E-state index contributed by atoms with van der Waals surface area (Å²) in [5.41, 5.74) is -0.456. The van der Waals surface area contributed by atoms with E-state index in [0.29, 0.717) is 5.75 Å². The summed E-state index contributed by atoms with van der Waals surface area (Å²) >= 11 is 2.97. The molecule has 3 nitrogen and oxygen atoms in total. The summed E-state index contributed by atoms with van der Waals surface area (Å²) in [6, 6.07) is 11.1. The minimum Gasteiger partial charge on any atom is -0.493 e. The molecule has 110 valence electrons. The van der Waals surface area contributed by atoms with Gasteiger partial charge in [-0.2, -0.15) is 0 Å². The second-order valence-electron chi connectivity index (χ2n) is 4.20. The maximum absolute atomic E-state index is 13.5. The SMILES string of the molecule is O=C(CCOc1ccccc1)Nc1c(F)cc(Br)cc1F. The van der Waals surface area contributed by atoms with Crippen LogP contribution in [0.1, 0.15) is 6.42 Å². The van der Waals surface area contributed by atoms with Gasteiger partial charge < -0.3 is 10.1 Å². The molecule has 0 fully saturated rings. The number of para-hydroxylation sites is 1. The summed E-state index contributed by atoms with van der Waals surface area (Å²) in [6.07, 6.45) is -0.0101. The van der Waals surface area contributed by atoms with E-state index >= 15 is 0 Å². The third-order valence-electron chi connectivity index (χ3n) is 2.61. The molecule has 0 unspecified atom stereocenters. The number of hydrogen-bond donors (Lipinski definition) is 1. The molecule has 0 radical (unpaired) electrons. The highest BCUT2D eigenvalue weighted by Gasteiger charge is 2.13. The number of anilines is 1. The molecule has 0 saturated carbocycles. The molecule has 0 aliphatic rings. The standard InChI is InChI=1S/C15H12BrF2NO2/c16-10-8-12(17)15(13(18)9-10)19-14(20)6-7-21-11-4-2-1-3-5-11/h1-5,8-9H,6-7H2,(H,19,20). The van der Waals surface area contributed by atoms with E-state index < -0.39 is 23.2 Å². The Morgan fingerprint density at radius 2 is 1.76 bits per heavy atom. The van der Waals surface area contributed by atoms with Crippen molar-refractivity contribution in [1.82, 2.24) is 0 Å². The summed E-state index contributed by atoms with van der Waals surface area (Å²) in [6.45, 7) is 0.121. The van der Waals surface area contributed by atoms with Crippen LogP contribution in [-0.4, -0.2) is 12.5 Å². The molecule has 6 heteroatoms. The quantitative estimate of drug-likeness (QED) is 0.875. The molecule has 0 aliphatic heterocycles.